The van der Waals surface area contributed by atoms with Gasteiger partial charge < -0.3 is 0 Å². The van der Waals surface area contributed by atoms with Gasteiger partial charge >= 0.3 is 0 Å². The third-order valence-corrected chi connectivity index (χ3v) is 3.48. The van der Waals surface area contributed by atoms with Crippen LogP contribution in [-0.4, -0.2) is 11.7 Å². The second-order valence-electron chi connectivity index (χ2n) is 4.46. The van der Waals surface area contributed by atoms with Crippen LogP contribution in [0.15, 0.2) is 0 Å². The van der Waals surface area contributed by atoms with Gasteiger partial charge in [0.15, 0.2) is 0 Å². The highest BCUT2D eigenvalue weighted by molar-refractivity contribution is 5.78. The molecule has 0 aromatic carbocycles. The average molecular weight is 224 g/mol. The van der Waals surface area contributed by atoms with E-state index >= 15 is 0 Å². The van der Waals surface area contributed by atoms with E-state index in [-0.39, 0.29) is 16.4 Å². The number of halogens is 3. The second kappa shape index (κ2) is 4.99. The lowest BCUT2D eigenvalue weighted by atomic mass is 9.71. The Labute approximate surface area is 88.6 Å². The summed E-state index contributed by atoms with van der Waals surface area (Å²) in [5.74, 6) is -3.93. The van der Waals surface area contributed by atoms with Crippen molar-refractivity contribution in [1.29, 1.82) is 0 Å². The number of rotatable bonds is 2. The number of alkyl halides is 2. The minimum atomic E-state index is -2.58. The van der Waals surface area contributed by atoms with Gasteiger partial charge in [0.1, 0.15) is 5.78 Å². The van der Waals surface area contributed by atoms with Crippen molar-refractivity contribution in [3.8, 4) is 0 Å². The summed E-state index contributed by atoms with van der Waals surface area (Å²) in [6.45, 7) is 4.83. The molecule has 90 valence electrons. The molecule has 0 spiro atoms. The summed E-state index contributed by atoms with van der Waals surface area (Å²) >= 11 is 0. The fraction of sp³-hybridized carbons (Fsp3) is 0.909. The second-order valence-corrected chi connectivity index (χ2v) is 4.46. The van der Waals surface area contributed by atoms with Crippen molar-refractivity contribution >= 4 is 5.78 Å². The third-order valence-electron chi connectivity index (χ3n) is 3.48. The lowest BCUT2D eigenvalue weighted by Gasteiger charge is -2.39. The van der Waals surface area contributed by atoms with Crippen LogP contribution in [0.25, 0.3) is 0 Å². The van der Waals surface area contributed by atoms with E-state index in [0.29, 0.717) is 19.3 Å². The molecule has 15 heavy (non-hydrogen) atoms. The molecule has 1 aliphatic carbocycles. The Balaban J connectivity index is 0.00000196. The highest BCUT2D eigenvalue weighted by Crippen LogP contribution is 2.46. The van der Waals surface area contributed by atoms with E-state index in [4.69, 9.17) is 0 Å². The van der Waals surface area contributed by atoms with Crippen molar-refractivity contribution in [2.45, 2.75) is 46.0 Å². The zero-order valence-corrected chi connectivity index (χ0v) is 9.43. The lowest BCUT2D eigenvalue weighted by molar-refractivity contribution is -0.149. The van der Waals surface area contributed by atoms with Crippen molar-refractivity contribution in [3.05, 3.63) is 0 Å². The first-order chi connectivity index (χ1) is 6.39. The predicted octanol–water partition coefficient (Wildman–Crippen LogP) is 3.44. The topological polar surface area (TPSA) is 17.1 Å². The monoisotopic (exact) mass is 224 g/mol. The van der Waals surface area contributed by atoms with Gasteiger partial charge in [-0.05, 0) is 26.2 Å². The molecule has 1 rings (SSSR count). The van der Waals surface area contributed by atoms with Gasteiger partial charge in [-0.1, -0.05) is 13.8 Å². The molecule has 0 N–H and O–H groups in total. The number of Topliss-reactive ketones (excluding diaryl/α,β-unsaturated/α-hetero) is 1. The van der Waals surface area contributed by atoms with Crippen LogP contribution in [0.3, 0.4) is 0 Å². The maximum absolute atomic E-state index is 13.6. The van der Waals surface area contributed by atoms with Gasteiger partial charge in [-0.2, -0.15) is 0 Å². The van der Waals surface area contributed by atoms with E-state index < -0.39 is 17.8 Å². The van der Waals surface area contributed by atoms with Crippen molar-refractivity contribution < 1.29 is 18.3 Å². The Morgan fingerprint density at radius 1 is 1.40 bits per heavy atom. The lowest BCUT2D eigenvalue weighted by Crippen LogP contribution is -2.43. The normalized spacial score (nSPS) is 34.3. The smallest absolute Gasteiger partial charge is 0.253 e. The Morgan fingerprint density at radius 2 is 1.93 bits per heavy atom. The minimum Gasteiger partial charge on any atom is -0.300 e. The zero-order valence-electron chi connectivity index (χ0n) is 9.43. The molecule has 1 nitrogen and oxygen atoms in total. The number of hydrogen-bond acceptors (Lipinski definition) is 1. The molecule has 0 heterocycles. The molecule has 0 aromatic heterocycles. The van der Waals surface area contributed by atoms with E-state index in [1.807, 2.05) is 0 Å². The molecule has 3 atom stereocenters. The van der Waals surface area contributed by atoms with E-state index in [1.165, 1.54) is 6.92 Å². The summed E-state index contributed by atoms with van der Waals surface area (Å²) in [5.41, 5.74) is 0. The molecule has 0 saturated heterocycles. The van der Waals surface area contributed by atoms with Crippen LogP contribution in [-0.2, 0) is 4.79 Å². The summed E-state index contributed by atoms with van der Waals surface area (Å²) in [6.07, 6.45) is 1.17. The summed E-state index contributed by atoms with van der Waals surface area (Å²) in [5, 5.41) is 0. The maximum atomic E-state index is 13.6. The molecule has 1 aliphatic rings. The molecule has 0 aliphatic heterocycles. The molecule has 0 amide bonds. The van der Waals surface area contributed by atoms with Crippen LogP contribution in [0, 0.1) is 17.8 Å². The molecule has 4 heteroatoms. The fourth-order valence-corrected chi connectivity index (χ4v) is 2.35. The van der Waals surface area contributed by atoms with Crippen LogP contribution in [0.1, 0.15) is 40.0 Å². The molecule has 0 radical (unpaired) electrons. The predicted molar refractivity (Wildman–Crippen MR) is 53.8 cm³/mol. The highest BCUT2D eigenvalue weighted by Gasteiger charge is 2.49. The first-order valence-corrected chi connectivity index (χ1v) is 5.27. The summed E-state index contributed by atoms with van der Waals surface area (Å²) in [4.78, 5) is 11.2. The zero-order chi connectivity index (χ0) is 10.9. The van der Waals surface area contributed by atoms with Gasteiger partial charge in [0.2, 0.25) is 0 Å². The van der Waals surface area contributed by atoms with Crippen LogP contribution < -0.4 is 0 Å². The summed E-state index contributed by atoms with van der Waals surface area (Å²) in [6, 6.07) is 0. The van der Waals surface area contributed by atoms with Crippen LogP contribution in [0.2, 0.25) is 0 Å². The van der Waals surface area contributed by atoms with Crippen LogP contribution in [0.5, 0.6) is 0 Å². The van der Waals surface area contributed by atoms with Gasteiger partial charge in [-0.15, -0.1) is 0 Å². The number of ketones is 1. The Bertz CT molecular complexity index is 228. The number of carbonyl (C=O) groups is 1. The molecular formula is C11H19F3O. The van der Waals surface area contributed by atoms with Crippen molar-refractivity contribution in [2.75, 3.05) is 0 Å². The first kappa shape index (κ1) is 14.5. The van der Waals surface area contributed by atoms with E-state index in [9.17, 15) is 13.6 Å². The molecular weight excluding hydrogens is 205 g/mol. The number of carbonyl (C=O) groups excluding carboxylic acids is 1. The largest absolute Gasteiger partial charge is 0.300 e. The molecule has 1 saturated carbocycles. The SMILES string of the molecule is CCC1CC(C(C)=O)CC(C)C1(F)F.F. The van der Waals surface area contributed by atoms with Crippen molar-refractivity contribution in [1.82, 2.24) is 0 Å². The Morgan fingerprint density at radius 3 is 2.33 bits per heavy atom. The average Bonchev–Trinajstić information content (AvgIpc) is 2.09. The maximum Gasteiger partial charge on any atom is 0.253 e. The van der Waals surface area contributed by atoms with Gasteiger partial charge in [0.25, 0.3) is 5.92 Å². The van der Waals surface area contributed by atoms with Crippen LogP contribution in [0.4, 0.5) is 13.5 Å². The molecule has 0 bridgehead atoms. The fourth-order valence-electron chi connectivity index (χ4n) is 2.35. The number of hydrogen-bond donors (Lipinski definition) is 0. The standard InChI is InChI=1S/C11H18F2O.FH/c1-4-10-6-9(8(3)14)5-7(2)11(10,12)13;/h7,9-10H,4-6H2,1-3H3;1H. The van der Waals surface area contributed by atoms with E-state index in [1.54, 1.807) is 13.8 Å². The Kier molecular flexibility index (Phi) is 4.81. The Hall–Kier alpha value is -0.540. The molecule has 3 unspecified atom stereocenters. The van der Waals surface area contributed by atoms with Crippen LogP contribution >= 0.6 is 0 Å². The quantitative estimate of drug-likeness (QED) is 0.702. The van der Waals surface area contributed by atoms with E-state index in [2.05, 4.69) is 0 Å². The summed E-state index contributed by atoms with van der Waals surface area (Å²) < 4.78 is 27.2. The molecule has 0 aromatic rings. The van der Waals surface area contributed by atoms with Gasteiger partial charge in [0, 0.05) is 17.8 Å². The van der Waals surface area contributed by atoms with Crippen molar-refractivity contribution in [3.63, 3.8) is 0 Å². The summed E-state index contributed by atoms with van der Waals surface area (Å²) in [7, 11) is 0. The first-order valence-electron chi connectivity index (χ1n) is 5.27. The van der Waals surface area contributed by atoms with Gasteiger partial charge in [0.05, 0.1) is 0 Å². The van der Waals surface area contributed by atoms with Gasteiger partial charge in [-0.3, -0.25) is 9.50 Å². The molecule has 1 fully saturated rings. The van der Waals surface area contributed by atoms with Gasteiger partial charge in [-0.25, -0.2) is 8.78 Å². The van der Waals surface area contributed by atoms with Crippen molar-refractivity contribution in [2.24, 2.45) is 17.8 Å². The minimum absolute atomic E-state index is 0. The highest BCUT2D eigenvalue weighted by atomic mass is 19.3. The third kappa shape index (κ3) is 2.73. The van der Waals surface area contributed by atoms with E-state index in [0.717, 1.165) is 0 Å².